The summed E-state index contributed by atoms with van der Waals surface area (Å²) in [5.74, 6) is 0.414. The molecule has 0 amide bonds. The average molecular weight is 295 g/mol. The van der Waals surface area contributed by atoms with Crippen molar-refractivity contribution in [2.75, 3.05) is 18.1 Å². The number of anilines is 1. The molecule has 2 heterocycles. The Balaban J connectivity index is 1.77. The number of H-pyrrole nitrogens is 1. The van der Waals surface area contributed by atoms with E-state index in [9.17, 15) is 8.42 Å². The van der Waals surface area contributed by atoms with Crippen molar-refractivity contribution in [3.05, 3.63) is 24.0 Å². The number of ether oxygens (including phenoxy) is 1. The number of nitrogens with two attached hydrogens (primary N) is 1. The molecule has 0 bridgehead atoms. The van der Waals surface area contributed by atoms with E-state index in [0.717, 1.165) is 23.9 Å². The second-order valence-electron chi connectivity index (χ2n) is 5.15. The minimum absolute atomic E-state index is 0.0617. The van der Waals surface area contributed by atoms with Crippen LogP contribution in [0.5, 0.6) is 0 Å². The van der Waals surface area contributed by atoms with E-state index in [0.29, 0.717) is 18.1 Å². The zero-order valence-electron chi connectivity index (χ0n) is 11.0. The zero-order valence-corrected chi connectivity index (χ0v) is 11.8. The fraction of sp³-hybridized carbons (Fsp3) is 0.462. The summed E-state index contributed by atoms with van der Waals surface area (Å²) < 4.78 is 29.6. The predicted octanol–water partition coefficient (Wildman–Crippen LogP) is 1.24. The van der Waals surface area contributed by atoms with Crippen molar-refractivity contribution in [3.8, 4) is 0 Å². The fourth-order valence-electron chi connectivity index (χ4n) is 2.47. The Morgan fingerprint density at radius 3 is 3.05 bits per heavy atom. The highest BCUT2D eigenvalue weighted by molar-refractivity contribution is 7.90. The molecule has 0 aliphatic carbocycles. The highest BCUT2D eigenvalue weighted by atomic mass is 32.2. The van der Waals surface area contributed by atoms with Crippen molar-refractivity contribution in [1.82, 2.24) is 9.97 Å². The molecule has 0 radical (unpaired) electrons. The molecule has 108 valence electrons. The third-order valence-electron chi connectivity index (χ3n) is 3.38. The number of nitrogens with one attached hydrogen (secondary N) is 1. The number of fused-ring (bicyclic) bond motifs is 1. The van der Waals surface area contributed by atoms with Gasteiger partial charge in [-0.15, -0.1) is 0 Å². The van der Waals surface area contributed by atoms with Gasteiger partial charge in [-0.05, 0) is 31.0 Å². The molecule has 0 saturated carbocycles. The topological polar surface area (TPSA) is 98.1 Å². The molecule has 1 saturated heterocycles. The van der Waals surface area contributed by atoms with E-state index < -0.39 is 9.84 Å². The predicted molar refractivity (Wildman–Crippen MR) is 77.0 cm³/mol. The lowest BCUT2D eigenvalue weighted by Crippen LogP contribution is -2.21. The Labute approximate surface area is 117 Å². The Hall–Kier alpha value is -1.60. The van der Waals surface area contributed by atoms with Crippen LogP contribution >= 0.6 is 0 Å². The number of nitrogen functional groups attached to an aromatic ring is 1. The lowest BCUT2D eigenvalue weighted by Gasteiger charge is -2.08. The second kappa shape index (κ2) is 5.06. The van der Waals surface area contributed by atoms with Gasteiger partial charge < -0.3 is 15.5 Å². The molecule has 6 nitrogen and oxygen atoms in total. The number of hydrogen-bond acceptors (Lipinski definition) is 5. The Morgan fingerprint density at radius 2 is 2.30 bits per heavy atom. The van der Waals surface area contributed by atoms with Crippen LogP contribution in [0.4, 0.5) is 5.69 Å². The van der Waals surface area contributed by atoms with E-state index in [1.165, 1.54) is 0 Å². The Bertz CT molecular complexity index is 718. The summed E-state index contributed by atoms with van der Waals surface area (Å²) >= 11 is 0. The number of sulfone groups is 1. The van der Waals surface area contributed by atoms with Gasteiger partial charge in [0.2, 0.25) is 0 Å². The van der Waals surface area contributed by atoms with Crippen molar-refractivity contribution in [3.63, 3.8) is 0 Å². The van der Waals surface area contributed by atoms with Crippen LogP contribution in [-0.2, 0) is 20.3 Å². The summed E-state index contributed by atoms with van der Waals surface area (Å²) in [5.41, 5.74) is 7.79. The largest absolute Gasteiger partial charge is 0.399 e. The highest BCUT2D eigenvalue weighted by Gasteiger charge is 2.24. The summed E-state index contributed by atoms with van der Waals surface area (Å²) in [6, 6.07) is 5.27. The zero-order chi connectivity index (χ0) is 14.2. The molecular weight excluding hydrogens is 278 g/mol. The fourth-order valence-corrected chi connectivity index (χ4v) is 3.98. The first kappa shape index (κ1) is 13.4. The lowest BCUT2D eigenvalue weighted by atomic mass is 10.3. The van der Waals surface area contributed by atoms with Gasteiger partial charge in [0.25, 0.3) is 0 Å². The summed E-state index contributed by atoms with van der Waals surface area (Å²) in [6.45, 7) is 0.657. The highest BCUT2D eigenvalue weighted by Crippen LogP contribution is 2.18. The van der Waals surface area contributed by atoms with Gasteiger partial charge >= 0.3 is 0 Å². The van der Waals surface area contributed by atoms with Crippen molar-refractivity contribution >= 4 is 26.6 Å². The summed E-state index contributed by atoms with van der Waals surface area (Å²) in [4.78, 5) is 7.29. The molecule has 1 fully saturated rings. The molecule has 1 atom stereocenters. The van der Waals surface area contributed by atoms with E-state index >= 15 is 0 Å². The van der Waals surface area contributed by atoms with Crippen LogP contribution in [0, 0.1) is 0 Å². The normalized spacial score (nSPS) is 19.7. The number of benzene rings is 1. The Kier molecular flexibility index (Phi) is 3.39. The first-order valence-electron chi connectivity index (χ1n) is 6.58. The SMILES string of the molecule is Nc1ccc2nc(CS(=O)(=O)CC3CCCO3)[nH]c2c1. The van der Waals surface area contributed by atoms with E-state index in [4.69, 9.17) is 10.5 Å². The maximum Gasteiger partial charge on any atom is 0.160 e. The van der Waals surface area contributed by atoms with Gasteiger partial charge in [0.15, 0.2) is 9.84 Å². The Morgan fingerprint density at radius 1 is 1.45 bits per heavy atom. The number of aromatic amines is 1. The van der Waals surface area contributed by atoms with E-state index in [1.807, 2.05) is 0 Å². The maximum absolute atomic E-state index is 12.1. The molecule has 20 heavy (non-hydrogen) atoms. The van der Waals surface area contributed by atoms with Crippen LogP contribution in [0.2, 0.25) is 0 Å². The summed E-state index contributed by atoms with van der Waals surface area (Å²) in [5, 5.41) is 0. The first-order chi connectivity index (χ1) is 9.52. The van der Waals surface area contributed by atoms with Crippen LogP contribution in [0.25, 0.3) is 11.0 Å². The third kappa shape index (κ3) is 2.94. The quantitative estimate of drug-likeness (QED) is 0.827. The molecular formula is C13H17N3O3S. The van der Waals surface area contributed by atoms with Crippen LogP contribution in [0.3, 0.4) is 0 Å². The maximum atomic E-state index is 12.1. The van der Waals surface area contributed by atoms with Crippen molar-refractivity contribution < 1.29 is 13.2 Å². The minimum atomic E-state index is -3.23. The molecule has 1 unspecified atom stereocenters. The molecule has 0 spiro atoms. The van der Waals surface area contributed by atoms with Gasteiger partial charge in [-0.2, -0.15) is 0 Å². The summed E-state index contributed by atoms with van der Waals surface area (Å²) in [6.07, 6.45) is 1.58. The molecule has 7 heteroatoms. The molecule has 1 aliphatic heterocycles. The minimum Gasteiger partial charge on any atom is -0.399 e. The molecule has 1 aromatic carbocycles. The van der Waals surface area contributed by atoms with Gasteiger partial charge in [0, 0.05) is 12.3 Å². The molecule has 3 rings (SSSR count). The van der Waals surface area contributed by atoms with Crippen LogP contribution < -0.4 is 5.73 Å². The number of aromatic nitrogens is 2. The van der Waals surface area contributed by atoms with Crippen LogP contribution in [0.1, 0.15) is 18.7 Å². The van der Waals surface area contributed by atoms with Gasteiger partial charge in [-0.1, -0.05) is 0 Å². The van der Waals surface area contributed by atoms with Crippen molar-refractivity contribution in [2.45, 2.75) is 24.7 Å². The third-order valence-corrected chi connectivity index (χ3v) is 4.97. The van der Waals surface area contributed by atoms with Gasteiger partial charge in [0.05, 0.1) is 22.9 Å². The monoisotopic (exact) mass is 295 g/mol. The first-order valence-corrected chi connectivity index (χ1v) is 8.40. The number of imidazole rings is 1. The van der Waals surface area contributed by atoms with E-state index in [2.05, 4.69) is 9.97 Å². The second-order valence-corrected chi connectivity index (χ2v) is 7.26. The summed E-state index contributed by atoms with van der Waals surface area (Å²) in [7, 11) is -3.23. The molecule has 2 aromatic rings. The number of rotatable bonds is 4. The number of nitrogens with zero attached hydrogens (tertiary/aromatic N) is 1. The van der Waals surface area contributed by atoms with Gasteiger partial charge in [0.1, 0.15) is 11.6 Å². The average Bonchev–Trinajstić information content (AvgIpc) is 2.96. The van der Waals surface area contributed by atoms with Crippen molar-refractivity contribution in [2.24, 2.45) is 0 Å². The van der Waals surface area contributed by atoms with Crippen molar-refractivity contribution in [1.29, 1.82) is 0 Å². The smallest absolute Gasteiger partial charge is 0.160 e. The van der Waals surface area contributed by atoms with E-state index in [1.54, 1.807) is 18.2 Å². The van der Waals surface area contributed by atoms with Crippen LogP contribution in [-0.4, -0.2) is 36.8 Å². The number of hydrogen-bond donors (Lipinski definition) is 2. The van der Waals surface area contributed by atoms with E-state index in [-0.39, 0.29) is 17.6 Å². The molecule has 3 N–H and O–H groups in total. The molecule has 1 aliphatic rings. The van der Waals surface area contributed by atoms with Crippen LogP contribution in [0.15, 0.2) is 18.2 Å². The standard InChI is InChI=1S/C13H17N3O3S/c14-9-3-4-11-12(6-9)16-13(15-11)8-20(17,18)7-10-2-1-5-19-10/h3-4,6,10H,1-2,5,7-8,14H2,(H,15,16). The lowest BCUT2D eigenvalue weighted by molar-refractivity contribution is 0.127. The van der Waals surface area contributed by atoms with Gasteiger partial charge in [-0.25, -0.2) is 13.4 Å². The molecule has 1 aromatic heterocycles. The van der Waals surface area contributed by atoms with Gasteiger partial charge in [-0.3, -0.25) is 0 Å².